The van der Waals surface area contributed by atoms with Gasteiger partial charge in [0.15, 0.2) is 0 Å². The highest BCUT2D eigenvalue weighted by molar-refractivity contribution is 5.95. The van der Waals surface area contributed by atoms with Gasteiger partial charge in [-0.3, -0.25) is 4.79 Å². The fourth-order valence-corrected chi connectivity index (χ4v) is 2.66. The minimum absolute atomic E-state index is 0.182. The van der Waals surface area contributed by atoms with Crippen molar-refractivity contribution in [3.8, 4) is 0 Å². The maximum Gasteiger partial charge on any atom is 0.254 e. The summed E-state index contributed by atoms with van der Waals surface area (Å²) in [7, 11) is 0. The monoisotopic (exact) mass is 260 g/mol. The molecule has 3 heteroatoms. The van der Waals surface area contributed by atoms with Crippen LogP contribution in [0.3, 0.4) is 0 Å². The van der Waals surface area contributed by atoms with Gasteiger partial charge < -0.3 is 10.2 Å². The van der Waals surface area contributed by atoms with Crippen molar-refractivity contribution in [3.05, 3.63) is 35.4 Å². The van der Waals surface area contributed by atoms with Crippen molar-refractivity contribution in [1.82, 2.24) is 10.2 Å². The Bertz CT molecular complexity index is 431. The largest absolute Gasteiger partial charge is 0.337 e. The summed E-state index contributed by atoms with van der Waals surface area (Å²) >= 11 is 0. The molecule has 1 unspecified atom stereocenters. The van der Waals surface area contributed by atoms with Gasteiger partial charge in [0.05, 0.1) is 0 Å². The van der Waals surface area contributed by atoms with Crippen molar-refractivity contribution in [2.24, 2.45) is 0 Å². The molecule has 1 aromatic rings. The number of carbonyl (C=O) groups excluding carboxylic acids is 1. The molecule has 104 valence electrons. The number of nitrogens with zero attached hydrogens (tertiary/aromatic N) is 1. The van der Waals surface area contributed by atoms with Gasteiger partial charge in [0.25, 0.3) is 5.91 Å². The molecule has 1 aliphatic rings. The van der Waals surface area contributed by atoms with Crippen LogP contribution in [0.1, 0.15) is 42.1 Å². The topological polar surface area (TPSA) is 32.3 Å². The molecule has 0 aromatic heterocycles. The summed E-state index contributed by atoms with van der Waals surface area (Å²) < 4.78 is 0. The SMILES string of the molecule is CCCNC1CCCN(C(=O)c2ccccc2C)C1. The molecule has 1 fully saturated rings. The van der Waals surface area contributed by atoms with Crippen molar-refractivity contribution in [2.75, 3.05) is 19.6 Å². The van der Waals surface area contributed by atoms with Crippen LogP contribution in [0.2, 0.25) is 0 Å². The number of hydrogen-bond acceptors (Lipinski definition) is 2. The van der Waals surface area contributed by atoms with Crippen LogP contribution in [0.25, 0.3) is 0 Å². The van der Waals surface area contributed by atoms with Gasteiger partial charge in [-0.25, -0.2) is 0 Å². The zero-order valence-corrected chi connectivity index (χ0v) is 12.0. The second-order valence-corrected chi connectivity index (χ2v) is 5.36. The molecule has 1 N–H and O–H groups in total. The van der Waals surface area contributed by atoms with Gasteiger partial charge in [0, 0.05) is 24.7 Å². The molecule has 0 aliphatic carbocycles. The number of benzene rings is 1. The summed E-state index contributed by atoms with van der Waals surface area (Å²) in [6.07, 6.45) is 3.42. The summed E-state index contributed by atoms with van der Waals surface area (Å²) in [6, 6.07) is 8.32. The third kappa shape index (κ3) is 3.57. The van der Waals surface area contributed by atoms with Gasteiger partial charge in [-0.15, -0.1) is 0 Å². The Morgan fingerprint density at radius 3 is 2.95 bits per heavy atom. The van der Waals surface area contributed by atoms with E-state index < -0.39 is 0 Å². The van der Waals surface area contributed by atoms with Crippen molar-refractivity contribution in [2.45, 2.75) is 39.2 Å². The minimum Gasteiger partial charge on any atom is -0.337 e. The highest BCUT2D eigenvalue weighted by atomic mass is 16.2. The van der Waals surface area contributed by atoms with Crippen LogP contribution in [0, 0.1) is 6.92 Å². The van der Waals surface area contributed by atoms with E-state index in [1.807, 2.05) is 36.1 Å². The first kappa shape index (κ1) is 14.1. The Balaban J connectivity index is 2.01. The highest BCUT2D eigenvalue weighted by Crippen LogP contribution is 2.16. The average Bonchev–Trinajstić information content (AvgIpc) is 2.45. The zero-order valence-electron chi connectivity index (χ0n) is 12.0. The first-order valence-electron chi connectivity index (χ1n) is 7.30. The maximum absolute atomic E-state index is 12.5. The first-order chi connectivity index (χ1) is 9.22. The fraction of sp³-hybridized carbons (Fsp3) is 0.562. The van der Waals surface area contributed by atoms with E-state index in [1.165, 1.54) is 6.42 Å². The van der Waals surface area contributed by atoms with Crippen molar-refractivity contribution in [1.29, 1.82) is 0 Å². The molecule has 0 spiro atoms. The van der Waals surface area contributed by atoms with Crippen molar-refractivity contribution in [3.63, 3.8) is 0 Å². The quantitative estimate of drug-likeness (QED) is 0.902. The second kappa shape index (κ2) is 6.71. The van der Waals surface area contributed by atoms with E-state index in [4.69, 9.17) is 0 Å². The van der Waals surface area contributed by atoms with Crippen LogP contribution in [-0.2, 0) is 0 Å². The predicted molar refractivity (Wildman–Crippen MR) is 78.4 cm³/mol. The van der Waals surface area contributed by atoms with Gasteiger partial charge >= 0.3 is 0 Å². The fourth-order valence-electron chi connectivity index (χ4n) is 2.66. The van der Waals surface area contributed by atoms with E-state index in [2.05, 4.69) is 12.2 Å². The third-order valence-corrected chi connectivity index (χ3v) is 3.77. The van der Waals surface area contributed by atoms with E-state index in [-0.39, 0.29) is 5.91 Å². The van der Waals surface area contributed by atoms with Gasteiger partial charge in [-0.2, -0.15) is 0 Å². The van der Waals surface area contributed by atoms with Gasteiger partial charge in [-0.1, -0.05) is 25.1 Å². The minimum atomic E-state index is 0.182. The van der Waals surface area contributed by atoms with E-state index in [0.29, 0.717) is 6.04 Å². The Morgan fingerprint density at radius 2 is 2.21 bits per heavy atom. The number of aryl methyl sites for hydroxylation is 1. The second-order valence-electron chi connectivity index (χ2n) is 5.36. The molecular formula is C16H24N2O. The lowest BCUT2D eigenvalue weighted by Crippen LogP contribution is -2.48. The summed E-state index contributed by atoms with van der Waals surface area (Å²) in [6.45, 7) is 6.94. The van der Waals surface area contributed by atoms with Crippen LogP contribution < -0.4 is 5.32 Å². The molecule has 1 heterocycles. The Labute approximate surface area is 116 Å². The molecule has 1 amide bonds. The third-order valence-electron chi connectivity index (χ3n) is 3.77. The van der Waals surface area contributed by atoms with Crippen LogP contribution >= 0.6 is 0 Å². The van der Waals surface area contributed by atoms with E-state index >= 15 is 0 Å². The normalized spacial score (nSPS) is 19.5. The standard InChI is InChI=1S/C16H24N2O/c1-3-10-17-14-8-6-11-18(12-14)16(19)15-9-5-4-7-13(15)2/h4-5,7,9,14,17H,3,6,8,10-12H2,1-2H3. The molecule has 1 aliphatic heterocycles. The molecule has 1 atom stereocenters. The van der Waals surface area contributed by atoms with Gasteiger partial charge in [-0.05, 0) is 44.4 Å². The average molecular weight is 260 g/mol. The smallest absolute Gasteiger partial charge is 0.254 e. The number of piperidine rings is 1. The lowest BCUT2D eigenvalue weighted by molar-refractivity contribution is 0.0694. The number of rotatable bonds is 4. The number of amides is 1. The van der Waals surface area contributed by atoms with E-state index in [1.54, 1.807) is 0 Å². The lowest BCUT2D eigenvalue weighted by Gasteiger charge is -2.33. The highest BCUT2D eigenvalue weighted by Gasteiger charge is 2.24. The van der Waals surface area contributed by atoms with E-state index in [9.17, 15) is 4.79 Å². The molecule has 0 radical (unpaired) electrons. The molecule has 19 heavy (non-hydrogen) atoms. The lowest BCUT2D eigenvalue weighted by atomic mass is 10.0. The van der Waals surface area contributed by atoms with Crippen LogP contribution in [-0.4, -0.2) is 36.5 Å². The van der Waals surface area contributed by atoms with Crippen LogP contribution in [0.15, 0.2) is 24.3 Å². The zero-order chi connectivity index (χ0) is 13.7. The van der Waals surface area contributed by atoms with Crippen molar-refractivity contribution >= 4 is 5.91 Å². The maximum atomic E-state index is 12.5. The number of likely N-dealkylation sites (tertiary alicyclic amines) is 1. The molecule has 3 nitrogen and oxygen atoms in total. The molecular weight excluding hydrogens is 236 g/mol. The molecule has 1 saturated heterocycles. The summed E-state index contributed by atoms with van der Waals surface area (Å²) in [5, 5.41) is 3.53. The van der Waals surface area contributed by atoms with Gasteiger partial charge in [0.1, 0.15) is 0 Å². The van der Waals surface area contributed by atoms with Crippen LogP contribution in [0.4, 0.5) is 0 Å². The van der Waals surface area contributed by atoms with E-state index in [0.717, 1.165) is 43.6 Å². The van der Waals surface area contributed by atoms with Crippen LogP contribution in [0.5, 0.6) is 0 Å². The van der Waals surface area contributed by atoms with Crippen molar-refractivity contribution < 1.29 is 4.79 Å². The molecule has 0 saturated carbocycles. The Kier molecular flexibility index (Phi) is 4.97. The summed E-state index contributed by atoms with van der Waals surface area (Å²) in [5.41, 5.74) is 1.91. The Hall–Kier alpha value is -1.35. The Morgan fingerprint density at radius 1 is 1.42 bits per heavy atom. The molecule has 1 aromatic carbocycles. The van der Waals surface area contributed by atoms with Gasteiger partial charge in [0.2, 0.25) is 0 Å². The number of hydrogen-bond donors (Lipinski definition) is 1. The summed E-state index contributed by atoms with van der Waals surface area (Å²) in [5.74, 6) is 0.182. The number of carbonyl (C=O) groups is 1. The molecule has 2 rings (SSSR count). The summed E-state index contributed by atoms with van der Waals surface area (Å²) in [4.78, 5) is 14.5. The predicted octanol–water partition coefficient (Wildman–Crippen LogP) is 2.60. The first-order valence-corrected chi connectivity index (χ1v) is 7.30. The molecule has 0 bridgehead atoms. The number of nitrogens with one attached hydrogen (secondary N) is 1.